The van der Waals surface area contributed by atoms with Crippen molar-refractivity contribution in [2.75, 3.05) is 11.6 Å². The topological polar surface area (TPSA) is 81.1 Å². The van der Waals surface area contributed by atoms with Gasteiger partial charge in [0.1, 0.15) is 17.3 Å². The summed E-state index contributed by atoms with van der Waals surface area (Å²) in [6, 6.07) is 19.3. The minimum atomic E-state index is -3.53. The molecular weight excluding hydrogens is 465 g/mol. The Labute approximate surface area is 195 Å². The van der Waals surface area contributed by atoms with Crippen LogP contribution in [0.2, 0.25) is 5.02 Å². The van der Waals surface area contributed by atoms with Crippen molar-refractivity contribution < 1.29 is 17.6 Å². The zero-order valence-electron chi connectivity index (χ0n) is 17.5. The molecule has 168 valence electrons. The molecule has 1 heterocycles. The summed E-state index contributed by atoms with van der Waals surface area (Å²) in [6.07, 6.45) is 2.63. The minimum absolute atomic E-state index is 0.0112. The van der Waals surface area contributed by atoms with Crippen molar-refractivity contribution in [3.05, 3.63) is 101 Å². The first kappa shape index (κ1) is 22.7. The van der Waals surface area contributed by atoms with E-state index in [0.29, 0.717) is 23.6 Å². The van der Waals surface area contributed by atoms with Gasteiger partial charge in [0.05, 0.1) is 28.4 Å². The lowest BCUT2D eigenvalue weighted by Gasteiger charge is -2.13. The fourth-order valence-electron chi connectivity index (χ4n) is 3.32. The van der Waals surface area contributed by atoms with Gasteiger partial charge >= 0.3 is 0 Å². The van der Waals surface area contributed by atoms with Gasteiger partial charge in [0, 0.05) is 11.8 Å². The van der Waals surface area contributed by atoms with Gasteiger partial charge in [0.15, 0.2) is 9.84 Å². The van der Waals surface area contributed by atoms with Gasteiger partial charge in [0.2, 0.25) is 0 Å². The van der Waals surface area contributed by atoms with Crippen molar-refractivity contribution in [3.63, 3.8) is 0 Å². The fourth-order valence-corrected chi connectivity index (χ4v) is 4.17. The van der Waals surface area contributed by atoms with Crippen LogP contribution >= 0.6 is 11.6 Å². The second-order valence-corrected chi connectivity index (χ2v) is 9.85. The largest absolute Gasteiger partial charge is 0.312 e. The third-order valence-corrected chi connectivity index (χ3v) is 6.43. The Kier molecular flexibility index (Phi) is 6.31. The number of halogens is 2. The smallest absolute Gasteiger partial charge is 0.258 e. The summed E-state index contributed by atoms with van der Waals surface area (Å²) in [5, 5.41) is 2.93. The van der Waals surface area contributed by atoms with Crippen LogP contribution in [0.5, 0.6) is 0 Å². The number of imidazole rings is 1. The number of carbonyl (C=O) groups excluding carboxylic acids is 1. The molecule has 3 aromatic carbocycles. The normalized spacial score (nSPS) is 11.4. The standard InChI is InChI=1S/C24H19ClFN3O3S/c1-33(31,32)19-11-12-21(25)20(13-19)24(30)28-23-22(17-7-9-18(26)10-8-17)27-15-29(23)14-16-5-3-2-4-6-16/h2-13,15H,14H2,1H3,(H,28,30). The SMILES string of the molecule is CS(=O)(=O)c1ccc(Cl)c(C(=O)Nc2c(-c3ccc(F)cc3)ncn2Cc2ccccc2)c1. The molecule has 0 unspecified atom stereocenters. The molecule has 0 aliphatic carbocycles. The van der Waals surface area contributed by atoms with Crippen LogP contribution in [0.15, 0.2) is 84.0 Å². The van der Waals surface area contributed by atoms with Crippen LogP contribution < -0.4 is 5.32 Å². The quantitative estimate of drug-likeness (QED) is 0.416. The van der Waals surface area contributed by atoms with Crippen LogP contribution in [-0.2, 0) is 16.4 Å². The number of aromatic nitrogens is 2. The Morgan fingerprint density at radius 3 is 2.42 bits per heavy atom. The number of carbonyl (C=O) groups is 1. The lowest BCUT2D eigenvalue weighted by molar-refractivity contribution is 0.102. The van der Waals surface area contributed by atoms with Crippen LogP contribution in [0.1, 0.15) is 15.9 Å². The molecule has 0 saturated heterocycles. The van der Waals surface area contributed by atoms with Crippen molar-refractivity contribution in [1.82, 2.24) is 9.55 Å². The summed E-state index contributed by atoms with van der Waals surface area (Å²) < 4.78 is 39.1. The van der Waals surface area contributed by atoms with E-state index in [9.17, 15) is 17.6 Å². The predicted octanol–water partition coefficient (Wildman–Crippen LogP) is 5.05. The summed E-state index contributed by atoms with van der Waals surface area (Å²) in [6.45, 7) is 0.418. The summed E-state index contributed by atoms with van der Waals surface area (Å²) in [5.41, 5.74) is 2.04. The number of sulfone groups is 1. The van der Waals surface area contributed by atoms with Crippen LogP contribution in [0.3, 0.4) is 0 Å². The van der Waals surface area contributed by atoms with Crippen molar-refractivity contribution >= 4 is 33.2 Å². The Bertz CT molecular complexity index is 1420. The molecule has 1 N–H and O–H groups in total. The maximum atomic E-state index is 13.4. The van der Waals surface area contributed by atoms with E-state index in [1.807, 2.05) is 30.3 Å². The molecule has 0 spiro atoms. The first-order valence-corrected chi connectivity index (χ1v) is 12.2. The van der Waals surface area contributed by atoms with Crippen LogP contribution in [0, 0.1) is 5.82 Å². The zero-order valence-corrected chi connectivity index (χ0v) is 19.1. The zero-order chi connectivity index (χ0) is 23.6. The number of anilines is 1. The molecule has 33 heavy (non-hydrogen) atoms. The number of hydrogen-bond donors (Lipinski definition) is 1. The van der Waals surface area contributed by atoms with Crippen LogP contribution in [-0.4, -0.2) is 30.1 Å². The summed E-state index contributed by atoms with van der Waals surface area (Å²) in [7, 11) is -3.53. The van der Waals surface area contributed by atoms with Gasteiger partial charge in [-0.25, -0.2) is 17.8 Å². The second-order valence-electron chi connectivity index (χ2n) is 7.43. The second kappa shape index (κ2) is 9.17. The highest BCUT2D eigenvalue weighted by molar-refractivity contribution is 7.90. The monoisotopic (exact) mass is 483 g/mol. The number of hydrogen-bond acceptors (Lipinski definition) is 4. The highest BCUT2D eigenvalue weighted by atomic mass is 35.5. The molecule has 0 bridgehead atoms. The fraction of sp³-hybridized carbons (Fsp3) is 0.0833. The number of nitrogens with zero attached hydrogens (tertiary/aromatic N) is 2. The summed E-state index contributed by atoms with van der Waals surface area (Å²) >= 11 is 6.21. The number of rotatable bonds is 6. The predicted molar refractivity (Wildman–Crippen MR) is 126 cm³/mol. The van der Waals surface area contributed by atoms with Gasteiger partial charge in [-0.05, 0) is 48.0 Å². The van der Waals surface area contributed by atoms with E-state index in [2.05, 4.69) is 10.3 Å². The van der Waals surface area contributed by atoms with Gasteiger partial charge in [-0.2, -0.15) is 0 Å². The number of benzene rings is 3. The molecule has 4 aromatic rings. The highest BCUT2D eigenvalue weighted by Gasteiger charge is 2.20. The highest BCUT2D eigenvalue weighted by Crippen LogP contribution is 2.29. The van der Waals surface area contributed by atoms with E-state index in [0.717, 1.165) is 11.8 Å². The van der Waals surface area contributed by atoms with Gasteiger partial charge in [-0.1, -0.05) is 41.9 Å². The molecule has 4 rings (SSSR count). The average molecular weight is 484 g/mol. The van der Waals surface area contributed by atoms with E-state index in [1.165, 1.54) is 30.3 Å². The van der Waals surface area contributed by atoms with E-state index < -0.39 is 21.6 Å². The molecule has 1 aromatic heterocycles. The minimum Gasteiger partial charge on any atom is -0.312 e. The van der Waals surface area contributed by atoms with Crippen molar-refractivity contribution in [1.29, 1.82) is 0 Å². The van der Waals surface area contributed by atoms with Gasteiger partial charge in [-0.3, -0.25) is 4.79 Å². The Balaban J connectivity index is 1.76. The van der Waals surface area contributed by atoms with E-state index in [4.69, 9.17) is 11.6 Å². The molecule has 0 radical (unpaired) electrons. The Morgan fingerprint density at radius 2 is 1.76 bits per heavy atom. The molecular formula is C24H19ClFN3O3S. The first-order valence-electron chi connectivity index (χ1n) is 9.88. The Morgan fingerprint density at radius 1 is 1.06 bits per heavy atom. The maximum absolute atomic E-state index is 13.4. The lowest BCUT2D eigenvalue weighted by Crippen LogP contribution is -2.17. The molecule has 0 fully saturated rings. The molecule has 0 saturated carbocycles. The summed E-state index contributed by atoms with van der Waals surface area (Å²) in [5.74, 6) is -0.614. The van der Waals surface area contributed by atoms with Crippen molar-refractivity contribution in [3.8, 4) is 11.3 Å². The van der Waals surface area contributed by atoms with Gasteiger partial charge < -0.3 is 9.88 Å². The van der Waals surface area contributed by atoms with Crippen LogP contribution in [0.25, 0.3) is 11.3 Å². The molecule has 0 aliphatic rings. The number of amides is 1. The third kappa shape index (κ3) is 5.13. The van der Waals surface area contributed by atoms with Gasteiger partial charge in [0.25, 0.3) is 5.91 Å². The molecule has 6 nitrogen and oxygen atoms in total. The Hall–Kier alpha value is -3.49. The van der Waals surface area contributed by atoms with E-state index >= 15 is 0 Å². The van der Waals surface area contributed by atoms with Gasteiger partial charge in [-0.15, -0.1) is 0 Å². The number of nitrogens with one attached hydrogen (secondary N) is 1. The maximum Gasteiger partial charge on any atom is 0.258 e. The first-order chi connectivity index (χ1) is 15.7. The third-order valence-electron chi connectivity index (χ3n) is 4.99. The molecule has 1 amide bonds. The van der Waals surface area contributed by atoms with Crippen molar-refractivity contribution in [2.45, 2.75) is 11.4 Å². The van der Waals surface area contributed by atoms with E-state index in [-0.39, 0.29) is 15.5 Å². The molecule has 9 heteroatoms. The van der Waals surface area contributed by atoms with Crippen molar-refractivity contribution in [2.24, 2.45) is 0 Å². The van der Waals surface area contributed by atoms with Crippen LogP contribution in [0.4, 0.5) is 10.2 Å². The molecule has 0 aliphatic heterocycles. The average Bonchev–Trinajstić information content (AvgIpc) is 3.16. The summed E-state index contributed by atoms with van der Waals surface area (Å²) in [4.78, 5) is 17.6. The molecule has 0 atom stereocenters. The lowest BCUT2D eigenvalue weighted by atomic mass is 10.1. The van der Waals surface area contributed by atoms with E-state index in [1.54, 1.807) is 23.0 Å².